The smallest absolute Gasteiger partial charge is 0.180 e. The van der Waals surface area contributed by atoms with Gasteiger partial charge in [0.05, 0.1) is 5.69 Å². The first kappa shape index (κ1) is 12.4. The third-order valence-corrected chi connectivity index (χ3v) is 5.31. The number of rotatable bonds is 3. The van der Waals surface area contributed by atoms with E-state index in [-0.39, 0.29) is 0 Å². The van der Waals surface area contributed by atoms with E-state index in [4.69, 9.17) is 5.73 Å². The molecule has 2 fully saturated rings. The molecule has 4 heteroatoms. The highest BCUT2D eigenvalue weighted by molar-refractivity contribution is 7.13. The molecule has 0 spiro atoms. The lowest BCUT2D eigenvalue weighted by Gasteiger charge is -2.44. The SMILES string of the molecule is Nc1nc(CCN2CCC[C@H]3CCCC[C@H]32)cs1. The Morgan fingerprint density at radius 2 is 2.11 bits per heavy atom. The molecule has 3 rings (SSSR count). The van der Waals surface area contributed by atoms with Crippen LogP contribution in [0.1, 0.15) is 44.2 Å². The van der Waals surface area contributed by atoms with Crippen molar-refractivity contribution in [1.29, 1.82) is 0 Å². The fourth-order valence-corrected chi connectivity index (χ4v) is 4.30. The molecule has 0 unspecified atom stereocenters. The predicted octanol–water partition coefficient (Wildman–Crippen LogP) is 2.92. The van der Waals surface area contributed by atoms with Crippen LogP contribution in [-0.4, -0.2) is 29.0 Å². The van der Waals surface area contributed by atoms with E-state index in [2.05, 4.69) is 15.3 Å². The van der Waals surface area contributed by atoms with Crippen molar-refractivity contribution in [1.82, 2.24) is 9.88 Å². The molecule has 2 N–H and O–H groups in total. The first-order valence-corrected chi connectivity index (χ1v) is 8.15. The van der Waals surface area contributed by atoms with Gasteiger partial charge in [-0.2, -0.15) is 0 Å². The lowest BCUT2D eigenvalue weighted by atomic mass is 9.78. The Hall–Kier alpha value is -0.610. The lowest BCUT2D eigenvalue weighted by molar-refractivity contribution is 0.0618. The van der Waals surface area contributed by atoms with Gasteiger partial charge >= 0.3 is 0 Å². The number of nitrogen functional groups attached to an aromatic ring is 1. The number of anilines is 1. The van der Waals surface area contributed by atoms with Crippen molar-refractivity contribution >= 4 is 16.5 Å². The summed E-state index contributed by atoms with van der Waals surface area (Å²) in [6, 6.07) is 0.864. The molecule has 1 aromatic heterocycles. The number of fused-ring (bicyclic) bond motifs is 1. The van der Waals surface area contributed by atoms with Gasteiger partial charge in [0.15, 0.2) is 5.13 Å². The van der Waals surface area contributed by atoms with E-state index in [0.717, 1.165) is 18.4 Å². The van der Waals surface area contributed by atoms with Gasteiger partial charge in [0.2, 0.25) is 0 Å². The van der Waals surface area contributed by atoms with Gasteiger partial charge in [-0.05, 0) is 38.1 Å². The maximum atomic E-state index is 5.69. The number of nitrogens with two attached hydrogens (primary N) is 1. The molecule has 2 aliphatic rings. The normalized spacial score (nSPS) is 29.1. The number of likely N-dealkylation sites (tertiary alicyclic amines) is 1. The van der Waals surface area contributed by atoms with E-state index in [1.54, 1.807) is 11.3 Å². The minimum Gasteiger partial charge on any atom is -0.375 e. The summed E-state index contributed by atoms with van der Waals surface area (Å²) in [5, 5.41) is 2.82. The second-order valence-electron chi connectivity index (χ2n) is 5.72. The molecule has 1 aliphatic heterocycles. The highest BCUT2D eigenvalue weighted by atomic mass is 32.1. The first-order chi connectivity index (χ1) is 8.83. The molecule has 0 amide bonds. The van der Waals surface area contributed by atoms with Gasteiger partial charge in [0, 0.05) is 24.4 Å². The average molecular weight is 265 g/mol. The fourth-order valence-electron chi connectivity index (χ4n) is 3.70. The average Bonchev–Trinajstić information content (AvgIpc) is 2.82. The summed E-state index contributed by atoms with van der Waals surface area (Å²) in [5.74, 6) is 0.980. The minimum absolute atomic E-state index is 0.708. The third kappa shape index (κ3) is 2.69. The van der Waals surface area contributed by atoms with Crippen molar-refractivity contribution in [2.24, 2.45) is 5.92 Å². The van der Waals surface area contributed by atoms with E-state index in [9.17, 15) is 0 Å². The topological polar surface area (TPSA) is 42.1 Å². The highest BCUT2D eigenvalue weighted by Gasteiger charge is 2.32. The number of hydrogen-bond acceptors (Lipinski definition) is 4. The molecule has 1 saturated heterocycles. The van der Waals surface area contributed by atoms with Crippen LogP contribution in [0.2, 0.25) is 0 Å². The molecule has 0 radical (unpaired) electrons. The monoisotopic (exact) mass is 265 g/mol. The molecular formula is C14H23N3S. The molecular weight excluding hydrogens is 242 g/mol. The second kappa shape index (κ2) is 5.57. The van der Waals surface area contributed by atoms with Crippen molar-refractivity contribution in [3.8, 4) is 0 Å². The van der Waals surface area contributed by atoms with Gasteiger partial charge in [-0.1, -0.05) is 12.8 Å². The second-order valence-corrected chi connectivity index (χ2v) is 6.61. The van der Waals surface area contributed by atoms with Gasteiger partial charge in [-0.3, -0.25) is 4.90 Å². The fraction of sp³-hybridized carbons (Fsp3) is 0.786. The molecule has 1 aromatic rings. The van der Waals surface area contributed by atoms with Crippen LogP contribution in [-0.2, 0) is 6.42 Å². The molecule has 2 atom stereocenters. The summed E-state index contributed by atoms with van der Waals surface area (Å²) in [6.45, 7) is 2.46. The van der Waals surface area contributed by atoms with Crippen LogP contribution in [0.25, 0.3) is 0 Å². The summed E-state index contributed by atoms with van der Waals surface area (Å²) < 4.78 is 0. The lowest BCUT2D eigenvalue weighted by Crippen LogP contribution is -2.47. The Morgan fingerprint density at radius 3 is 2.94 bits per heavy atom. The standard InChI is InChI=1S/C14H23N3S/c15-14-16-12(10-18-14)7-9-17-8-3-5-11-4-1-2-6-13(11)17/h10-11,13H,1-9H2,(H2,15,16)/t11-,13-/m1/s1. The van der Waals surface area contributed by atoms with E-state index >= 15 is 0 Å². The quantitative estimate of drug-likeness (QED) is 0.913. The largest absolute Gasteiger partial charge is 0.375 e. The maximum absolute atomic E-state index is 5.69. The van der Waals surface area contributed by atoms with Crippen molar-refractivity contribution in [2.75, 3.05) is 18.8 Å². The zero-order valence-corrected chi connectivity index (χ0v) is 11.8. The van der Waals surface area contributed by atoms with Crippen LogP contribution in [0.15, 0.2) is 5.38 Å². The van der Waals surface area contributed by atoms with Gasteiger partial charge in [-0.25, -0.2) is 4.98 Å². The Bertz CT molecular complexity index is 388. The Labute approximate surface area is 113 Å². The molecule has 1 aliphatic carbocycles. The maximum Gasteiger partial charge on any atom is 0.180 e. The number of aromatic nitrogens is 1. The first-order valence-electron chi connectivity index (χ1n) is 7.27. The predicted molar refractivity (Wildman–Crippen MR) is 76.8 cm³/mol. The van der Waals surface area contributed by atoms with Crippen LogP contribution in [0.5, 0.6) is 0 Å². The Morgan fingerprint density at radius 1 is 1.28 bits per heavy atom. The number of thiazole rings is 1. The summed E-state index contributed by atoms with van der Waals surface area (Å²) in [5.41, 5.74) is 6.86. The van der Waals surface area contributed by atoms with E-state index in [1.807, 2.05) is 0 Å². The molecule has 1 saturated carbocycles. The summed E-state index contributed by atoms with van der Waals surface area (Å²) in [6.07, 6.45) is 9.69. The Kier molecular flexibility index (Phi) is 3.85. The summed E-state index contributed by atoms with van der Waals surface area (Å²) in [4.78, 5) is 7.09. The van der Waals surface area contributed by atoms with Crippen LogP contribution < -0.4 is 5.73 Å². The molecule has 18 heavy (non-hydrogen) atoms. The summed E-state index contributed by atoms with van der Waals surface area (Å²) in [7, 11) is 0. The van der Waals surface area contributed by atoms with Gasteiger partial charge in [-0.15, -0.1) is 11.3 Å². The van der Waals surface area contributed by atoms with Crippen LogP contribution in [0, 0.1) is 5.92 Å². The van der Waals surface area contributed by atoms with Crippen molar-refractivity contribution in [2.45, 2.75) is 51.0 Å². The molecule has 0 aromatic carbocycles. The van der Waals surface area contributed by atoms with Crippen LogP contribution in [0.3, 0.4) is 0 Å². The van der Waals surface area contributed by atoms with Crippen molar-refractivity contribution in [3.05, 3.63) is 11.1 Å². The van der Waals surface area contributed by atoms with Gasteiger partial charge in [0.25, 0.3) is 0 Å². The number of piperidine rings is 1. The number of hydrogen-bond donors (Lipinski definition) is 1. The van der Waals surface area contributed by atoms with E-state index in [1.165, 1.54) is 57.3 Å². The summed E-state index contributed by atoms with van der Waals surface area (Å²) >= 11 is 1.56. The molecule has 2 heterocycles. The zero-order chi connectivity index (χ0) is 12.4. The van der Waals surface area contributed by atoms with Gasteiger partial charge < -0.3 is 5.73 Å². The van der Waals surface area contributed by atoms with Crippen LogP contribution >= 0.6 is 11.3 Å². The molecule has 3 nitrogen and oxygen atoms in total. The zero-order valence-electron chi connectivity index (χ0n) is 11.0. The van der Waals surface area contributed by atoms with Crippen molar-refractivity contribution < 1.29 is 0 Å². The number of nitrogens with zero attached hydrogens (tertiary/aromatic N) is 2. The third-order valence-electron chi connectivity index (χ3n) is 4.58. The van der Waals surface area contributed by atoms with E-state index in [0.29, 0.717) is 5.13 Å². The Balaban J connectivity index is 1.57. The van der Waals surface area contributed by atoms with E-state index < -0.39 is 0 Å². The van der Waals surface area contributed by atoms with Gasteiger partial charge in [0.1, 0.15) is 0 Å². The highest BCUT2D eigenvalue weighted by Crippen LogP contribution is 2.35. The van der Waals surface area contributed by atoms with Crippen LogP contribution in [0.4, 0.5) is 5.13 Å². The molecule has 0 bridgehead atoms. The molecule has 100 valence electrons. The minimum atomic E-state index is 0.708. The van der Waals surface area contributed by atoms with Crippen molar-refractivity contribution in [3.63, 3.8) is 0 Å².